The van der Waals surface area contributed by atoms with Crippen LogP contribution in [0.3, 0.4) is 0 Å². The number of para-hydroxylation sites is 1. The van der Waals surface area contributed by atoms with Crippen LogP contribution >= 0.6 is 0 Å². The molecule has 2 rings (SSSR count). The van der Waals surface area contributed by atoms with Gasteiger partial charge in [-0.2, -0.15) is 0 Å². The van der Waals surface area contributed by atoms with E-state index in [0.717, 1.165) is 12.8 Å². The molecule has 2 aromatic carbocycles. The molecule has 5 nitrogen and oxygen atoms in total. The van der Waals surface area contributed by atoms with Gasteiger partial charge in [0.15, 0.2) is 0 Å². The van der Waals surface area contributed by atoms with Crippen molar-refractivity contribution in [3.8, 4) is 0 Å². The third kappa shape index (κ3) is 5.91. The lowest BCUT2D eigenvalue weighted by atomic mass is 10.2. The second-order valence-electron chi connectivity index (χ2n) is 5.57. The number of amides is 2. The molecule has 0 heterocycles. The Morgan fingerprint density at radius 1 is 1.04 bits per heavy atom. The smallest absolute Gasteiger partial charge is 0.251 e. The number of hydrogen-bond donors (Lipinski definition) is 3. The molecule has 0 fully saturated rings. The predicted molar refractivity (Wildman–Crippen MR) is 97.2 cm³/mol. The fourth-order valence-corrected chi connectivity index (χ4v) is 2.17. The number of hydrogen-bond acceptors (Lipinski definition) is 3. The molecule has 0 spiro atoms. The van der Waals surface area contributed by atoms with Crippen LogP contribution in [0.2, 0.25) is 0 Å². The van der Waals surface area contributed by atoms with Gasteiger partial charge in [-0.25, -0.2) is 4.39 Å². The van der Waals surface area contributed by atoms with Gasteiger partial charge in [-0.1, -0.05) is 25.5 Å². The van der Waals surface area contributed by atoms with E-state index in [2.05, 4.69) is 22.9 Å². The Hall–Kier alpha value is -2.89. The second-order valence-corrected chi connectivity index (χ2v) is 5.57. The molecular weight excluding hydrogens is 321 g/mol. The van der Waals surface area contributed by atoms with Crippen molar-refractivity contribution in [1.82, 2.24) is 5.32 Å². The molecule has 0 saturated carbocycles. The molecule has 0 aliphatic carbocycles. The van der Waals surface area contributed by atoms with Crippen molar-refractivity contribution in [2.45, 2.75) is 19.8 Å². The first-order valence-corrected chi connectivity index (χ1v) is 8.26. The number of rotatable bonds is 8. The summed E-state index contributed by atoms with van der Waals surface area (Å²) in [5.74, 6) is -0.843. The van der Waals surface area contributed by atoms with E-state index in [9.17, 15) is 14.0 Å². The topological polar surface area (TPSA) is 70.2 Å². The Labute approximate surface area is 146 Å². The Morgan fingerprint density at radius 2 is 1.76 bits per heavy atom. The van der Waals surface area contributed by atoms with E-state index in [1.807, 2.05) is 0 Å². The lowest BCUT2D eigenvalue weighted by Crippen LogP contribution is -2.24. The van der Waals surface area contributed by atoms with Crippen LogP contribution in [0, 0.1) is 5.82 Å². The molecule has 0 aliphatic heterocycles. The molecule has 2 aromatic rings. The van der Waals surface area contributed by atoms with Gasteiger partial charge in [0.1, 0.15) is 5.82 Å². The molecular formula is C19H22FN3O2. The van der Waals surface area contributed by atoms with Crippen LogP contribution in [0.15, 0.2) is 48.5 Å². The number of carbonyl (C=O) groups excluding carboxylic acids is 2. The zero-order chi connectivity index (χ0) is 18.1. The first-order valence-electron chi connectivity index (χ1n) is 8.26. The van der Waals surface area contributed by atoms with Gasteiger partial charge < -0.3 is 16.0 Å². The summed E-state index contributed by atoms with van der Waals surface area (Å²) < 4.78 is 13.5. The number of anilines is 2. The van der Waals surface area contributed by atoms with Gasteiger partial charge in [0, 0.05) is 17.8 Å². The van der Waals surface area contributed by atoms with Crippen LogP contribution in [0.4, 0.5) is 15.8 Å². The molecule has 0 saturated heterocycles. The maximum absolute atomic E-state index is 13.5. The third-order valence-electron chi connectivity index (χ3n) is 3.56. The fourth-order valence-electron chi connectivity index (χ4n) is 2.17. The van der Waals surface area contributed by atoms with E-state index in [0.29, 0.717) is 17.8 Å². The number of unbranched alkanes of at least 4 members (excludes halogenated alkanes) is 1. The summed E-state index contributed by atoms with van der Waals surface area (Å²) in [6.45, 7) is 2.65. The van der Waals surface area contributed by atoms with Crippen molar-refractivity contribution in [2.75, 3.05) is 23.7 Å². The molecule has 3 N–H and O–H groups in total. The van der Waals surface area contributed by atoms with E-state index >= 15 is 0 Å². The number of halogens is 1. The molecule has 0 radical (unpaired) electrons. The Bertz CT molecular complexity index is 717. The maximum atomic E-state index is 13.5. The molecule has 0 aliphatic rings. The fraction of sp³-hybridized carbons (Fsp3) is 0.263. The van der Waals surface area contributed by atoms with Crippen molar-refractivity contribution in [3.63, 3.8) is 0 Å². The SMILES string of the molecule is CCCCNC(=O)c1ccc(NC(=O)CNc2ccccc2F)cc1. The van der Waals surface area contributed by atoms with Crippen molar-refractivity contribution >= 4 is 23.2 Å². The minimum atomic E-state index is -0.409. The van der Waals surface area contributed by atoms with Crippen LogP contribution in [-0.2, 0) is 4.79 Å². The molecule has 6 heteroatoms. The van der Waals surface area contributed by atoms with Gasteiger partial charge >= 0.3 is 0 Å². The first kappa shape index (κ1) is 18.4. The summed E-state index contributed by atoms with van der Waals surface area (Å²) in [6.07, 6.45) is 1.96. The van der Waals surface area contributed by atoms with E-state index in [4.69, 9.17) is 0 Å². The molecule has 0 bridgehead atoms. The summed E-state index contributed by atoms with van der Waals surface area (Å²) >= 11 is 0. The van der Waals surface area contributed by atoms with E-state index < -0.39 is 5.82 Å². The third-order valence-corrected chi connectivity index (χ3v) is 3.56. The second kappa shape index (κ2) is 9.42. The summed E-state index contributed by atoms with van der Waals surface area (Å²) in [7, 11) is 0. The standard InChI is InChI=1S/C19H22FN3O2/c1-2-3-12-21-19(25)14-8-10-15(11-9-14)23-18(24)13-22-17-7-5-4-6-16(17)20/h4-11,22H,2-3,12-13H2,1H3,(H,21,25)(H,23,24). The van der Waals surface area contributed by atoms with Gasteiger partial charge in [-0.05, 0) is 42.8 Å². The zero-order valence-electron chi connectivity index (χ0n) is 14.1. The molecule has 0 atom stereocenters. The summed E-state index contributed by atoms with van der Waals surface area (Å²) in [5.41, 5.74) is 1.39. The molecule has 2 amide bonds. The average Bonchev–Trinajstić information content (AvgIpc) is 2.62. The van der Waals surface area contributed by atoms with Gasteiger partial charge in [0.2, 0.25) is 5.91 Å². The van der Waals surface area contributed by atoms with E-state index in [1.54, 1.807) is 42.5 Å². The van der Waals surface area contributed by atoms with Gasteiger partial charge in [-0.3, -0.25) is 9.59 Å². The zero-order valence-corrected chi connectivity index (χ0v) is 14.1. The highest BCUT2D eigenvalue weighted by Crippen LogP contribution is 2.13. The summed E-state index contributed by atoms with van der Waals surface area (Å²) in [4.78, 5) is 23.8. The van der Waals surface area contributed by atoms with E-state index in [-0.39, 0.29) is 24.0 Å². The number of nitrogens with one attached hydrogen (secondary N) is 3. The van der Waals surface area contributed by atoms with Crippen molar-refractivity contribution in [2.24, 2.45) is 0 Å². The Morgan fingerprint density at radius 3 is 2.44 bits per heavy atom. The van der Waals surface area contributed by atoms with E-state index in [1.165, 1.54) is 6.07 Å². The van der Waals surface area contributed by atoms with Crippen LogP contribution in [0.5, 0.6) is 0 Å². The number of benzene rings is 2. The minimum Gasteiger partial charge on any atom is -0.374 e. The van der Waals surface area contributed by atoms with Crippen molar-refractivity contribution in [3.05, 3.63) is 59.9 Å². The summed E-state index contributed by atoms with van der Waals surface area (Å²) in [6, 6.07) is 12.8. The van der Waals surface area contributed by atoms with Crippen LogP contribution < -0.4 is 16.0 Å². The Kier molecular flexibility index (Phi) is 6.95. The van der Waals surface area contributed by atoms with Gasteiger partial charge in [0.05, 0.1) is 12.2 Å². The highest BCUT2D eigenvalue weighted by Gasteiger charge is 2.07. The van der Waals surface area contributed by atoms with Crippen LogP contribution in [0.1, 0.15) is 30.1 Å². The molecule has 132 valence electrons. The first-order chi connectivity index (χ1) is 12.1. The van der Waals surface area contributed by atoms with Crippen molar-refractivity contribution in [1.29, 1.82) is 0 Å². The average molecular weight is 343 g/mol. The van der Waals surface area contributed by atoms with Crippen LogP contribution in [-0.4, -0.2) is 24.9 Å². The monoisotopic (exact) mass is 343 g/mol. The molecule has 0 aromatic heterocycles. The van der Waals surface area contributed by atoms with Crippen LogP contribution in [0.25, 0.3) is 0 Å². The van der Waals surface area contributed by atoms with Crippen molar-refractivity contribution < 1.29 is 14.0 Å². The predicted octanol–water partition coefficient (Wildman–Crippen LogP) is 3.41. The summed E-state index contributed by atoms with van der Waals surface area (Å²) in [5, 5.41) is 8.27. The molecule has 0 unspecified atom stereocenters. The minimum absolute atomic E-state index is 0.0554. The normalized spacial score (nSPS) is 10.2. The lowest BCUT2D eigenvalue weighted by molar-refractivity contribution is -0.114. The largest absolute Gasteiger partial charge is 0.374 e. The van der Waals surface area contributed by atoms with Gasteiger partial charge in [0.25, 0.3) is 5.91 Å². The quantitative estimate of drug-likeness (QED) is 0.643. The molecule has 25 heavy (non-hydrogen) atoms. The Balaban J connectivity index is 1.83. The highest BCUT2D eigenvalue weighted by atomic mass is 19.1. The maximum Gasteiger partial charge on any atom is 0.251 e. The van der Waals surface area contributed by atoms with Gasteiger partial charge in [-0.15, -0.1) is 0 Å². The lowest BCUT2D eigenvalue weighted by Gasteiger charge is -2.09. The number of carbonyl (C=O) groups is 2. The highest BCUT2D eigenvalue weighted by molar-refractivity contribution is 5.96.